The Morgan fingerprint density at radius 1 is 1.12 bits per heavy atom. The predicted octanol–water partition coefficient (Wildman–Crippen LogP) is 4.19. The monoisotopic (exact) mass is 441 g/mol. The molecule has 0 spiro atoms. The molecule has 1 N–H and O–H groups in total. The van der Waals surface area contributed by atoms with Gasteiger partial charge in [-0.1, -0.05) is 61.5 Å². The molecule has 0 atom stereocenters. The minimum Gasteiger partial charge on any atom is -0.326 e. The zero-order chi connectivity index (χ0) is 23.4. The molecule has 2 aromatic heterocycles. The van der Waals surface area contributed by atoms with Crippen molar-refractivity contribution in [2.24, 2.45) is 0 Å². The first-order valence-corrected chi connectivity index (χ1v) is 11.1. The number of nitrogens with zero attached hydrogens (tertiary/aromatic N) is 4. The van der Waals surface area contributed by atoms with Crippen molar-refractivity contribution >= 4 is 17.4 Å². The third-order valence-corrected chi connectivity index (χ3v) is 5.74. The maximum absolute atomic E-state index is 13.3. The lowest BCUT2D eigenvalue weighted by atomic mass is 10.1. The van der Waals surface area contributed by atoms with Crippen LogP contribution in [0.25, 0.3) is 17.2 Å². The summed E-state index contributed by atoms with van der Waals surface area (Å²) in [7, 11) is 0. The van der Waals surface area contributed by atoms with Crippen LogP contribution in [0.4, 0.5) is 5.69 Å². The maximum atomic E-state index is 13.3. The number of rotatable bonds is 8. The number of carbonyl (C=O) groups excluding carboxylic acids is 1. The fraction of sp³-hybridized carbons (Fsp3) is 0.231. The van der Waals surface area contributed by atoms with E-state index in [2.05, 4.69) is 22.0 Å². The molecule has 4 aromatic rings. The molecule has 1 amide bonds. The summed E-state index contributed by atoms with van der Waals surface area (Å²) in [5.41, 5.74) is 3.78. The summed E-state index contributed by atoms with van der Waals surface area (Å²) in [5, 5.41) is 7.46. The van der Waals surface area contributed by atoms with E-state index >= 15 is 0 Å². The molecule has 7 heteroatoms. The van der Waals surface area contributed by atoms with Gasteiger partial charge in [0, 0.05) is 35.5 Å². The summed E-state index contributed by atoms with van der Waals surface area (Å²) in [5.74, 6) is 0.811. The molecule has 33 heavy (non-hydrogen) atoms. The van der Waals surface area contributed by atoms with Gasteiger partial charge in [0.2, 0.25) is 11.7 Å². The first kappa shape index (κ1) is 22.2. The van der Waals surface area contributed by atoms with Gasteiger partial charge in [-0.25, -0.2) is 0 Å². The van der Waals surface area contributed by atoms with Crippen molar-refractivity contribution in [2.75, 3.05) is 5.32 Å². The van der Waals surface area contributed by atoms with Gasteiger partial charge in [-0.3, -0.25) is 9.59 Å². The zero-order valence-electron chi connectivity index (χ0n) is 18.9. The third kappa shape index (κ3) is 4.48. The number of amides is 1. The highest BCUT2D eigenvalue weighted by Gasteiger charge is 2.19. The summed E-state index contributed by atoms with van der Waals surface area (Å²) in [4.78, 5) is 30.6. The number of allylic oxidation sites excluding steroid dienone is 1. The molecule has 0 aliphatic heterocycles. The van der Waals surface area contributed by atoms with Crippen LogP contribution in [-0.2, 0) is 24.2 Å². The minimum atomic E-state index is -0.251. The van der Waals surface area contributed by atoms with E-state index in [1.165, 1.54) is 4.52 Å². The van der Waals surface area contributed by atoms with Crippen LogP contribution in [-0.4, -0.2) is 25.1 Å². The van der Waals surface area contributed by atoms with Gasteiger partial charge in [0.05, 0.1) is 0 Å². The van der Waals surface area contributed by atoms with Crippen molar-refractivity contribution in [3.63, 3.8) is 0 Å². The van der Waals surface area contributed by atoms with Gasteiger partial charge < -0.3 is 9.88 Å². The van der Waals surface area contributed by atoms with E-state index in [0.717, 1.165) is 28.9 Å². The molecule has 7 nitrogen and oxygen atoms in total. The Morgan fingerprint density at radius 3 is 2.58 bits per heavy atom. The Bertz CT molecular complexity index is 1370. The van der Waals surface area contributed by atoms with Gasteiger partial charge in [-0.2, -0.15) is 9.50 Å². The van der Waals surface area contributed by atoms with Crippen molar-refractivity contribution in [1.29, 1.82) is 0 Å². The van der Waals surface area contributed by atoms with Crippen LogP contribution in [0.1, 0.15) is 30.2 Å². The molecule has 0 bridgehead atoms. The highest BCUT2D eigenvalue weighted by atomic mass is 16.1. The summed E-state index contributed by atoms with van der Waals surface area (Å²) in [6, 6.07) is 17.3. The van der Waals surface area contributed by atoms with Crippen molar-refractivity contribution < 1.29 is 4.79 Å². The standard InChI is InChI=1S/C26H27N5O2/c1-4-17-30-18(3)21(15-16-23(32)27-22-14-10-9-11-19(22)5-2)25(33)31-26(30)28-24(29-31)20-12-7-6-8-13-20/h4,6-14H,1,5,15-17H2,2-3H3,(H,27,32). The van der Waals surface area contributed by atoms with Crippen LogP contribution >= 0.6 is 0 Å². The lowest BCUT2D eigenvalue weighted by Crippen LogP contribution is -2.27. The Kier molecular flexibility index (Phi) is 6.49. The Morgan fingerprint density at radius 2 is 1.85 bits per heavy atom. The van der Waals surface area contributed by atoms with E-state index in [1.54, 1.807) is 6.08 Å². The fourth-order valence-electron chi connectivity index (χ4n) is 3.96. The van der Waals surface area contributed by atoms with E-state index < -0.39 is 0 Å². The zero-order valence-corrected chi connectivity index (χ0v) is 18.9. The summed E-state index contributed by atoms with van der Waals surface area (Å²) >= 11 is 0. The van der Waals surface area contributed by atoms with Crippen LogP contribution in [0, 0.1) is 6.92 Å². The second-order valence-corrected chi connectivity index (χ2v) is 7.84. The average molecular weight is 442 g/mol. The van der Waals surface area contributed by atoms with E-state index in [9.17, 15) is 9.59 Å². The van der Waals surface area contributed by atoms with E-state index in [0.29, 0.717) is 30.1 Å². The minimum absolute atomic E-state index is 0.131. The molecule has 0 aliphatic rings. The molecule has 0 radical (unpaired) electrons. The van der Waals surface area contributed by atoms with Crippen molar-refractivity contribution in [1.82, 2.24) is 19.2 Å². The molecule has 2 aromatic carbocycles. The molecule has 0 unspecified atom stereocenters. The third-order valence-electron chi connectivity index (χ3n) is 5.74. The highest BCUT2D eigenvalue weighted by Crippen LogP contribution is 2.19. The van der Waals surface area contributed by atoms with Gasteiger partial charge in [0.1, 0.15) is 0 Å². The molecular formula is C26H27N5O2. The Hall–Kier alpha value is -4.00. The molecule has 0 saturated heterocycles. The van der Waals surface area contributed by atoms with Crippen LogP contribution in [0.15, 0.2) is 72.0 Å². The topological polar surface area (TPSA) is 81.3 Å². The average Bonchev–Trinajstić information content (AvgIpc) is 3.28. The second-order valence-electron chi connectivity index (χ2n) is 7.84. The van der Waals surface area contributed by atoms with Gasteiger partial charge in [0.15, 0.2) is 5.82 Å². The molecular weight excluding hydrogens is 414 g/mol. The van der Waals surface area contributed by atoms with Crippen molar-refractivity contribution in [2.45, 2.75) is 39.7 Å². The molecule has 0 fully saturated rings. The molecule has 2 heterocycles. The summed E-state index contributed by atoms with van der Waals surface area (Å²) in [6.45, 7) is 8.24. The highest BCUT2D eigenvalue weighted by molar-refractivity contribution is 5.91. The van der Waals surface area contributed by atoms with Crippen molar-refractivity contribution in [3.8, 4) is 11.4 Å². The van der Waals surface area contributed by atoms with Gasteiger partial charge in [0.25, 0.3) is 5.56 Å². The Balaban J connectivity index is 1.66. The van der Waals surface area contributed by atoms with Crippen LogP contribution in [0.2, 0.25) is 0 Å². The lowest BCUT2D eigenvalue weighted by molar-refractivity contribution is -0.116. The molecule has 0 saturated carbocycles. The predicted molar refractivity (Wildman–Crippen MR) is 130 cm³/mol. The van der Waals surface area contributed by atoms with Gasteiger partial charge >= 0.3 is 0 Å². The normalized spacial score (nSPS) is 11.0. The fourth-order valence-corrected chi connectivity index (χ4v) is 3.96. The van der Waals surface area contributed by atoms with E-state index in [-0.39, 0.29) is 17.9 Å². The first-order valence-electron chi connectivity index (χ1n) is 11.1. The van der Waals surface area contributed by atoms with Crippen LogP contribution in [0.3, 0.4) is 0 Å². The number of fused-ring (bicyclic) bond motifs is 1. The number of aryl methyl sites for hydroxylation is 1. The molecule has 0 aliphatic carbocycles. The number of nitrogens with one attached hydrogen (secondary N) is 1. The number of carbonyl (C=O) groups is 1. The van der Waals surface area contributed by atoms with Gasteiger partial charge in [-0.05, 0) is 31.4 Å². The number of para-hydroxylation sites is 1. The number of benzene rings is 2. The maximum Gasteiger partial charge on any atom is 0.279 e. The number of aromatic nitrogens is 4. The first-order chi connectivity index (χ1) is 16.0. The summed E-state index contributed by atoms with van der Waals surface area (Å²) < 4.78 is 3.24. The quantitative estimate of drug-likeness (QED) is 0.416. The molecule has 4 rings (SSSR count). The molecule has 168 valence electrons. The number of anilines is 1. The van der Waals surface area contributed by atoms with Gasteiger partial charge in [-0.15, -0.1) is 11.7 Å². The van der Waals surface area contributed by atoms with Crippen LogP contribution < -0.4 is 10.9 Å². The van der Waals surface area contributed by atoms with E-state index in [1.807, 2.05) is 73.0 Å². The smallest absolute Gasteiger partial charge is 0.279 e. The SMILES string of the molecule is C=CCn1c(C)c(CCC(=O)Nc2ccccc2CC)c(=O)n2nc(-c3ccccc3)nc12. The van der Waals surface area contributed by atoms with Crippen molar-refractivity contribution in [3.05, 3.63) is 94.4 Å². The number of hydrogen-bond acceptors (Lipinski definition) is 4. The Labute approximate surface area is 192 Å². The van der Waals surface area contributed by atoms with E-state index in [4.69, 9.17) is 0 Å². The number of hydrogen-bond donors (Lipinski definition) is 1. The second kappa shape index (κ2) is 9.65. The summed E-state index contributed by atoms with van der Waals surface area (Å²) in [6.07, 6.45) is 3.08. The largest absolute Gasteiger partial charge is 0.326 e. The lowest BCUT2D eigenvalue weighted by Gasteiger charge is -2.14. The van der Waals surface area contributed by atoms with Crippen LogP contribution in [0.5, 0.6) is 0 Å².